The summed E-state index contributed by atoms with van der Waals surface area (Å²) in [5.74, 6) is -2.14. The fraction of sp³-hybridized carbons (Fsp3) is 0.383. The number of carbonyl (C=O) groups is 5. The number of nitrogens with zero attached hydrogens (tertiary/aromatic N) is 7. The molecular formula is C47H48ClFN10O6S. The van der Waals surface area contributed by atoms with Crippen molar-refractivity contribution >= 4 is 74.7 Å². The number of fused-ring (bicyclic) bond motifs is 2. The first-order valence-corrected chi connectivity index (χ1v) is 23.5. The molecule has 1 unspecified atom stereocenters. The lowest BCUT2D eigenvalue weighted by atomic mass is 9.87. The maximum Gasteiger partial charge on any atom is 0.255 e. The summed E-state index contributed by atoms with van der Waals surface area (Å²) >= 11 is 7.94. The molecule has 2 atom stereocenters. The number of benzene rings is 3. The van der Waals surface area contributed by atoms with Crippen molar-refractivity contribution in [1.29, 1.82) is 0 Å². The van der Waals surface area contributed by atoms with Crippen LogP contribution >= 0.6 is 22.9 Å². The van der Waals surface area contributed by atoms with Crippen molar-refractivity contribution < 1.29 is 33.5 Å². The lowest BCUT2D eigenvalue weighted by molar-refractivity contribution is -0.138. The molecule has 4 N–H and O–H groups in total. The second-order valence-electron chi connectivity index (χ2n) is 17.6. The molecule has 5 amide bonds. The summed E-state index contributed by atoms with van der Waals surface area (Å²) in [7, 11) is 0. The lowest BCUT2D eigenvalue weighted by Crippen LogP contribution is -2.52. The molecule has 5 aliphatic rings. The van der Waals surface area contributed by atoms with Crippen LogP contribution in [0.1, 0.15) is 71.9 Å². The SMILES string of the molecule is O=C1CC[C@@H](Nc2ccc(N3CCC(O)(CC(=O)N4CCN(c5ccc(-c6cc(F)c7c(c6)C(=O)N(C(C(=O)Nc6nccs6)c6ncn8c6CCC8)C7)cc5)CC4)CC3)c(Cl)c2)C(=O)N1. The molecule has 16 nitrogen and oxygen atoms in total. The zero-order valence-electron chi connectivity index (χ0n) is 36.0. The van der Waals surface area contributed by atoms with E-state index in [9.17, 15) is 29.1 Å². The smallest absolute Gasteiger partial charge is 0.255 e. The fourth-order valence-corrected chi connectivity index (χ4v) is 10.7. The Labute approximate surface area is 388 Å². The van der Waals surface area contributed by atoms with Gasteiger partial charge in [0.2, 0.25) is 17.7 Å². The summed E-state index contributed by atoms with van der Waals surface area (Å²) in [4.78, 5) is 81.5. The van der Waals surface area contributed by atoms with E-state index in [1.807, 2.05) is 41.0 Å². The maximum absolute atomic E-state index is 16.0. The van der Waals surface area contributed by atoms with Gasteiger partial charge in [-0.3, -0.25) is 34.6 Å². The van der Waals surface area contributed by atoms with Gasteiger partial charge in [0.25, 0.3) is 11.8 Å². The minimum Gasteiger partial charge on any atom is -0.389 e. The van der Waals surface area contributed by atoms with E-state index in [0.717, 1.165) is 42.0 Å². The van der Waals surface area contributed by atoms with E-state index < -0.39 is 35.3 Å². The molecule has 0 radical (unpaired) electrons. The quantitative estimate of drug-likeness (QED) is 0.125. The number of piperazine rings is 1. The van der Waals surface area contributed by atoms with Crippen molar-refractivity contribution in [3.63, 3.8) is 0 Å². The molecule has 0 saturated carbocycles. The molecule has 10 rings (SSSR count). The van der Waals surface area contributed by atoms with E-state index in [1.54, 1.807) is 34.9 Å². The van der Waals surface area contributed by atoms with Crippen molar-refractivity contribution in [1.82, 2.24) is 29.7 Å². The van der Waals surface area contributed by atoms with Crippen molar-refractivity contribution in [3.05, 3.63) is 106 Å². The zero-order valence-corrected chi connectivity index (χ0v) is 37.5. The molecule has 3 aromatic carbocycles. The zero-order chi connectivity index (χ0) is 45.7. The number of rotatable bonds is 11. The summed E-state index contributed by atoms with van der Waals surface area (Å²) in [6.07, 6.45) is 6.42. The summed E-state index contributed by atoms with van der Waals surface area (Å²) in [6.45, 7) is 3.92. The average molecular weight is 935 g/mol. The molecular weight excluding hydrogens is 887 g/mol. The van der Waals surface area contributed by atoms with Gasteiger partial charge in [0, 0.05) is 92.0 Å². The van der Waals surface area contributed by atoms with Crippen LogP contribution in [0.2, 0.25) is 5.02 Å². The number of aliphatic hydroxyl groups is 1. The Bertz CT molecular complexity index is 2720. The van der Waals surface area contributed by atoms with Crippen molar-refractivity contribution in [3.8, 4) is 11.1 Å². The largest absolute Gasteiger partial charge is 0.389 e. The second-order valence-corrected chi connectivity index (χ2v) is 18.9. The molecule has 0 bridgehead atoms. The number of anilines is 4. The third kappa shape index (κ3) is 8.60. The molecule has 0 spiro atoms. The number of imidazole rings is 1. The minimum absolute atomic E-state index is 0.0294. The van der Waals surface area contributed by atoms with E-state index in [2.05, 4.69) is 35.7 Å². The molecule has 5 aliphatic heterocycles. The third-order valence-electron chi connectivity index (χ3n) is 13.5. The van der Waals surface area contributed by atoms with Gasteiger partial charge < -0.3 is 34.6 Å². The van der Waals surface area contributed by atoms with E-state index in [0.29, 0.717) is 85.6 Å². The Hall–Kier alpha value is -6.37. The highest BCUT2D eigenvalue weighted by atomic mass is 35.5. The van der Waals surface area contributed by atoms with E-state index >= 15 is 4.39 Å². The number of carbonyl (C=O) groups excluding carboxylic acids is 5. The van der Waals surface area contributed by atoms with Crippen LogP contribution in [0.4, 0.5) is 26.6 Å². The first-order valence-electron chi connectivity index (χ1n) is 22.3. The van der Waals surface area contributed by atoms with Crippen LogP contribution in [0.3, 0.4) is 0 Å². The summed E-state index contributed by atoms with van der Waals surface area (Å²) in [6, 6.07) is 14.7. The number of hydrogen-bond donors (Lipinski definition) is 4. The van der Waals surface area contributed by atoms with Gasteiger partial charge in [0.05, 0.1) is 41.3 Å². The molecule has 2 aromatic heterocycles. The number of amides is 5. The summed E-state index contributed by atoms with van der Waals surface area (Å²) < 4.78 is 18.0. The topological polar surface area (TPSA) is 185 Å². The number of piperidine rings is 2. The first kappa shape index (κ1) is 43.5. The highest BCUT2D eigenvalue weighted by Crippen LogP contribution is 2.39. The molecule has 66 heavy (non-hydrogen) atoms. The number of hydrogen-bond acceptors (Lipinski definition) is 12. The van der Waals surface area contributed by atoms with Gasteiger partial charge in [-0.2, -0.15) is 0 Å². The van der Waals surface area contributed by atoms with Crippen LogP contribution < -0.4 is 25.8 Å². The molecule has 3 saturated heterocycles. The summed E-state index contributed by atoms with van der Waals surface area (Å²) in [5, 5.41) is 22.5. The molecule has 3 fully saturated rings. The summed E-state index contributed by atoms with van der Waals surface area (Å²) in [5.41, 5.74) is 4.39. The standard InChI is InChI=1S/C47H48ClFN10O6S/c48-34-24-30(52-36-8-10-39(60)53-43(36)62)5-9-37(34)56-15-11-47(65,12-16-56)25-40(61)57-19-17-55(18-20-57)31-6-3-28(4-7-31)29-22-32-33(35(49)23-29)26-59(45(32)64)42(44(63)54-46-50-13-21-66-46)41-38-2-1-14-58(38)27-51-41/h3-7,9,13,21-24,27,36,42,52,65H,1-2,8,10-12,14-20,25-26H2,(H,50,54,63)(H,53,60,62)/t36-,42?/m1/s1. The van der Waals surface area contributed by atoms with Crippen LogP contribution in [0.15, 0.2) is 72.5 Å². The Balaban J connectivity index is 0.735. The number of thiazole rings is 1. The van der Waals surface area contributed by atoms with Gasteiger partial charge >= 0.3 is 0 Å². The van der Waals surface area contributed by atoms with Gasteiger partial charge in [-0.1, -0.05) is 23.7 Å². The number of nitrogens with one attached hydrogen (secondary N) is 3. The monoisotopic (exact) mass is 934 g/mol. The maximum atomic E-state index is 16.0. The number of aromatic nitrogens is 3. The van der Waals surface area contributed by atoms with E-state index in [1.165, 1.54) is 22.3 Å². The average Bonchev–Trinajstić information content (AvgIpc) is 4.13. The number of aryl methyl sites for hydroxylation is 1. The first-order chi connectivity index (χ1) is 31.9. The van der Waals surface area contributed by atoms with Gasteiger partial charge in [-0.25, -0.2) is 14.4 Å². The van der Waals surface area contributed by atoms with Gasteiger partial charge in [-0.15, -0.1) is 11.3 Å². The highest BCUT2D eigenvalue weighted by Gasteiger charge is 2.42. The Morgan fingerprint density at radius 1 is 0.939 bits per heavy atom. The predicted octanol–water partition coefficient (Wildman–Crippen LogP) is 5.37. The van der Waals surface area contributed by atoms with Crippen LogP contribution in [0.5, 0.6) is 0 Å². The molecule has 342 valence electrons. The highest BCUT2D eigenvalue weighted by molar-refractivity contribution is 7.13. The Kier molecular flexibility index (Phi) is 11.7. The Morgan fingerprint density at radius 2 is 1.73 bits per heavy atom. The molecule has 0 aliphatic carbocycles. The fourth-order valence-electron chi connectivity index (χ4n) is 9.86. The molecule has 7 heterocycles. The minimum atomic E-state index is -1.14. The number of imide groups is 1. The van der Waals surface area contributed by atoms with E-state index in [4.69, 9.17) is 11.6 Å². The van der Waals surface area contributed by atoms with Crippen LogP contribution in [-0.2, 0) is 38.7 Å². The Morgan fingerprint density at radius 3 is 2.45 bits per heavy atom. The van der Waals surface area contributed by atoms with Crippen molar-refractivity contribution in [2.24, 2.45) is 0 Å². The van der Waals surface area contributed by atoms with Gasteiger partial charge in [-0.05, 0) is 85.7 Å². The number of halogens is 2. The molecule has 19 heteroatoms. The van der Waals surface area contributed by atoms with Crippen LogP contribution in [0, 0.1) is 5.82 Å². The van der Waals surface area contributed by atoms with Crippen molar-refractivity contribution in [2.45, 2.75) is 75.7 Å². The van der Waals surface area contributed by atoms with Crippen LogP contribution in [0.25, 0.3) is 11.1 Å². The van der Waals surface area contributed by atoms with Crippen molar-refractivity contribution in [2.75, 3.05) is 59.7 Å². The molecule has 5 aromatic rings. The predicted molar refractivity (Wildman–Crippen MR) is 247 cm³/mol. The van der Waals surface area contributed by atoms with Gasteiger partial charge in [0.15, 0.2) is 11.2 Å². The second kappa shape index (κ2) is 17.8. The van der Waals surface area contributed by atoms with Gasteiger partial charge in [0.1, 0.15) is 11.9 Å². The normalized spacial score (nSPS) is 19.7. The third-order valence-corrected chi connectivity index (χ3v) is 14.5. The van der Waals surface area contributed by atoms with E-state index in [-0.39, 0.29) is 48.2 Å². The lowest BCUT2D eigenvalue weighted by Gasteiger charge is -2.41. The van der Waals surface area contributed by atoms with Crippen LogP contribution in [-0.4, -0.2) is 110 Å².